The van der Waals surface area contributed by atoms with Crippen molar-refractivity contribution in [2.24, 2.45) is 17.8 Å². The molecule has 6 heteroatoms. The standard InChI is InChI=1S/C18H30N4O2/c1-13-10-16(13)17(23)20-6-8-21(9-7-20)18(24)19-11-14-4-5-22(12-14)15-2-3-15/h13-16H,2-12H2,1H3,(H,19,24)/t13-,14+,16+/m1/s1. The number of piperazine rings is 1. The Kier molecular flexibility index (Phi) is 4.41. The minimum Gasteiger partial charge on any atom is -0.339 e. The molecule has 4 rings (SSSR count). The molecule has 0 spiro atoms. The van der Waals surface area contributed by atoms with Gasteiger partial charge < -0.3 is 20.0 Å². The summed E-state index contributed by atoms with van der Waals surface area (Å²) < 4.78 is 0. The first kappa shape index (κ1) is 16.2. The van der Waals surface area contributed by atoms with E-state index in [0.717, 1.165) is 25.6 Å². The molecule has 2 aliphatic carbocycles. The van der Waals surface area contributed by atoms with E-state index in [0.29, 0.717) is 43.9 Å². The molecule has 0 unspecified atom stereocenters. The van der Waals surface area contributed by atoms with E-state index in [1.165, 1.54) is 25.8 Å². The van der Waals surface area contributed by atoms with Gasteiger partial charge in [0.25, 0.3) is 0 Å². The van der Waals surface area contributed by atoms with Crippen LogP contribution in [0.2, 0.25) is 0 Å². The predicted octanol–water partition coefficient (Wildman–Crippen LogP) is 0.981. The highest BCUT2D eigenvalue weighted by Crippen LogP contribution is 2.39. The van der Waals surface area contributed by atoms with Crippen LogP contribution in [-0.2, 0) is 4.79 Å². The first-order valence-electron chi connectivity index (χ1n) is 9.67. The molecule has 1 N–H and O–H groups in total. The largest absolute Gasteiger partial charge is 0.339 e. The van der Waals surface area contributed by atoms with Crippen LogP contribution in [0.25, 0.3) is 0 Å². The molecule has 0 aromatic rings. The van der Waals surface area contributed by atoms with Gasteiger partial charge in [0.2, 0.25) is 5.91 Å². The van der Waals surface area contributed by atoms with Crippen molar-refractivity contribution >= 4 is 11.9 Å². The average molecular weight is 334 g/mol. The molecule has 2 heterocycles. The van der Waals surface area contributed by atoms with Crippen molar-refractivity contribution in [1.29, 1.82) is 0 Å². The van der Waals surface area contributed by atoms with Gasteiger partial charge in [0.1, 0.15) is 0 Å². The first-order valence-corrected chi connectivity index (χ1v) is 9.67. The van der Waals surface area contributed by atoms with Gasteiger partial charge >= 0.3 is 6.03 Å². The maximum Gasteiger partial charge on any atom is 0.317 e. The van der Waals surface area contributed by atoms with E-state index in [2.05, 4.69) is 17.1 Å². The lowest BCUT2D eigenvalue weighted by Gasteiger charge is -2.35. The average Bonchev–Trinajstić information content (AvgIpc) is 3.52. The predicted molar refractivity (Wildman–Crippen MR) is 91.5 cm³/mol. The molecule has 134 valence electrons. The second-order valence-electron chi connectivity index (χ2n) is 8.20. The van der Waals surface area contributed by atoms with Crippen molar-refractivity contribution in [3.05, 3.63) is 0 Å². The highest BCUT2D eigenvalue weighted by atomic mass is 16.2. The molecule has 0 bridgehead atoms. The molecule has 0 radical (unpaired) electrons. The molecule has 4 aliphatic rings. The Labute approximate surface area is 144 Å². The summed E-state index contributed by atoms with van der Waals surface area (Å²) in [6, 6.07) is 0.886. The van der Waals surface area contributed by atoms with E-state index >= 15 is 0 Å². The highest BCUT2D eigenvalue weighted by molar-refractivity contribution is 5.82. The molecule has 0 aromatic heterocycles. The zero-order valence-electron chi connectivity index (χ0n) is 14.7. The van der Waals surface area contributed by atoms with Gasteiger partial charge in [-0.1, -0.05) is 6.92 Å². The fourth-order valence-electron chi connectivity index (χ4n) is 4.17. The molecule has 0 aromatic carbocycles. The third-order valence-corrected chi connectivity index (χ3v) is 6.23. The second-order valence-corrected chi connectivity index (χ2v) is 8.20. The zero-order valence-corrected chi connectivity index (χ0v) is 14.7. The van der Waals surface area contributed by atoms with Crippen molar-refractivity contribution in [3.63, 3.8) is 0 Å². The Bertz CT molecular complexity index is 499. The van der Waals surface area contributed by atoms with Crippen LogP contribution in [0.3, 0.4) is 0 Å². The minimum atomic E-state index is 0.0479. The first-order chi connectivity index (χ1) is 11.6. The quantitative estimate of drug-likeness (QED) is 0.834. The number of hydrogen-bond acceptors (Lipinski definition) is 3. The number of urea groups is 1. The summed E-state index contributed by atoms with van der Waals surface area (Å²) in [6.07, 6.45) is 4.97. The van der Waals surface area contributed by atoms with Gasteiger partial charge in [0.05, 0.1) is 0 Å². The Morgan fingerprint density at radius 2 is 1.67 bits per heavy atom. The van der Waals surface area contributed by atoms with Crippen molar-refractivity contribution in [2.75, 3.05) is 45.8 Å². The summed E-state index contributed by atoms with van der Waals surface area (Å²) in [4.78, 5) is 31.0. The van der Waals surface area contributed by atoms with Gasteiger partial charge in [0, 0.05) is 51.2 Å². The summed E-state index contributed by atoms with van der Waals surface area (Å²) in [5.41, 5.74) is 0. The summed E-state index contributed by atoms with van der Waals surface area (Å²) in [6.45, 7) is 7.98. The van der Waals surface area contributed by atoms with Crippen LogP contribution in [0.1, 0.15) is 32.6 Å². The summed E-state index contributed by atoms with van der Waals surface area (Å²) >= 11 is 0. The maximum atomic E-state index is 12.4. The molecule has 4 fully saturated rings. The van der Waals surface area contributed by atoms with E-state index in [9.17, 15) is 9.59 Å². The van der Waals surface area contributed by atoms with E-state index in [-0.39, 0.29) is 11.9 Å². The number of hydrogen-bond donors (Lipinski definition) is 1. The third-order valence-electron chi connectivity index (χ3n) is 6.23. The number of amides is 3. The van der Waals surface area contributed by atoms with E-state index < -0.39 is 0 Å². The smallest absolute Gasteiger partial charge is 0.317 e. The molecular weight excluding hydrogens is 304 g/mol. The number of carbonyl (C=O) groups is 2. The van der Waals surface area contributed by atoms with Crippen molar-refractivity contribution in [2.45, 2.75) is 38.6 Å². The van der Waals surface area contributed by atoms with E-state index in [1.54, 1.807) is 0 Å². The topological polar surface area (TPSA) is 55.9 Å². The number of nitrogens with one attached hydrogen (secondary N) is 1. The van der Waals surface area contributed by atoms with Crippen molar-refractivity contribution in [3.8, 4) is 0 Å². The van der Waals surface area contributed by atoms with Crippen LogP contribution in [0, 0.1) is 17.8 Å². The van der Waals surface area contributed by atoms with Gasteiger partial charge in [-0.15, -0.1) is 0 Å². The minimum absolute atomic E-state index is 0.0479. The van der Waals surface area contributed by atoms with E-state index in [4.69, 9.17) is 0 Å². The summed E-state index contributed by atoms with van der Waals surface area (Å²) in [5.74, 6) is 1.71. The normalized spacial score (nSPS) is 33.6. The van der Waals surface area contributed by atoms with Crippen LogP contribution in [0.4, 0.5) is 4.79 Å². The van der Waals surface area contributed by atoms with Crippen LogP contribution in [0.15, 0.2) is 0 Å². The second kappa shape index (κ2) is 6.54. The lowest BCUT2D eigenvalue weighted by atomic mass is 10.1. The van der Waals surface area contributed by atoms with Gasteiger partial charge in [-0.25, -0.2) is 4.79 Å². The molecule has 6 nitrogen and oxygen atoms in total. The molecule has 2 saturated heterocycles. The van der Waals surface area contributed by atoms with Crippen LogP contribution in [0.5, 0.6) is 0 Å². The van der Waals surface area contributed by atoms with Crippen LogP contribution >= 0.6 is 0 Å². The Hall–Kier alpha value is -1.30. The number of carbonyl (C=O) groups excluding carboxylic acids is 2. The Balaban J connectivity index is 1.16. The Morgan fingerprint density at radius 1 is 1.00 bits per heavy atom. The zero-order chi connectivity index (χ0) is 16.7. The number of likely N-dealkylation sites (tertiary alicyclic amines) is 1. The lowest BCUT2D eigenvalue weighted by Crippen LogP contribution is -2.54. The van der Waals surface area contributed by atoms with Gasteiger partial charge in [0.15, 0.2) is 0 Å². The van der Waals surface area contributed by atoms with Crippen LogP contribution in [-0.4, -0.2) is 78.5 Å². The maximum absolute atomic E-state index is 12.4. The van der Waals surface area contributed by atoms with Crippen molar-refractivity contribution < 1.29 is 9.59 Å². The number of rotatable bonds is 4. The fourth-order valence-corrected chi connectivity index (χ4v) is 4.17. The number of nitrogens with zero attached hydrogens (tertiary/aromatic N) is 3. The van der Waals surface area contributed by atoms with Gasteiger partial charge in [-0.05, 0) is 44.1 Å². The van der Waals surface area contributed by atoms with Gasteiger partial charge in [-0.2, -0.15) is 0 Å². The van der Waals surface area contributed by atoms with E-state index in [1.807, 2.05) is 9.80 Å². The van der Waals surface area contributed by atoms with Crippen molar-refractivity contribution in [1.82, 2.24) is 20.0 Å². The van der Waals surface area contributed by atoms with Crippen LogP contribution < -0.4 is 5.32 Å². The monoisotopic (exact) mass is 334 g/mol. The SMILES string of the molecule is C[C@@H]1C[C@@H]1C(=O)N1CCN(C(=O)NC[C@@H]2CCN(C3CC3)C2)CC1. The molecule has 2 saturated carbocycles. The molecular formula is C18H30N4O2. The highest BCUT2D eigenvalue weighted by Gasteiger charge is 2.42. The molecule has 3 amide bonds. The molecule has 24 heavy (non-hydrogen) atoms. The van der Waals surface area contributed by atoms with Gasteiger partial charge in [-0.3, -0.25) is 4.79 Å². The molecule has 3 atom stereocenters. The summed E-state index contributed by atoms with van der Waals surface area (Å²) in [5, 5.41) is 3.12. The third kappa shape index (κ3) is 3.53. The lowest BCUT2D eigenvalue weighted by molar-refractivity contribution is -0.134. The summed E-state index contributed by atoms with van der Waals surface area (Å²) in [7, 11) is 0. The molecule has 2 aliphatic heterocycles. The fraction of sp³-hybridized carbons (Fsp3) is 0.889. The Morgan fingerprint density at radius 3 is 2.29 bits per heavy atom.